The first-order valence-corrected chi connectivity index (χ1v) is 6.63. The fourth-order valence-corrected chi connectivity index (χ4v) is 2.48. The Labute approximate surface area is 111 Å². The Morgan fingerprint density at radius 1 is 1.38 bits per heavy atom. The molecule has 0 saturated heterocycles. The van der Waals surface area contributed by atoms with Crippen LogP contribution < -0.4 is 5.32 Å². The molecule has 6 heteroatoms. The van der Waals surface area contributed by atoms with Crippen LogP contribution in [0.1, 0.15) is 17.8 Å². The summed E-state index contributed by atoms with van der Waals surface area (Å²) in [6.07, 6.45) is 3.42. The summed E-state index contributed by atoms with van der Waals surface area (Å²) >= 11 is 10.7. The van der Waals surface area contributed by atoms with E-state index in [2.05, 4.69) is 31.2 Å². The van der Waals surface area contributed by atoms with Gasteiger partial charge in [0.1, 0.15) is 0 Å². The molecule has 2 aromatic heterocycles. The molecule has 1 N–H and O–H groups in total. The van der Waals surface area contributed by atoms with Gasteiger partial charge in [0.05, 0.1) is 14.9 Å². The average molecular weight is 319 g/mol. The van der Waals surface area contributed by atoms with E-state index in [0.717, 1.165) is 13.7 Å². The average Bonchev–Trinajstić information content (AvgIpc) is 2.68. The smallest absolute Gasteiger partial charge is 0.223 e. The highest BCUT2D eigenvalue weighted by Crippen LogP contribution is 2.28. The molecule has 0 fully saturated rings. The van der Waals surface area contributed by atoms with Gasteiger partial charge in [-0.05, 0) is 35.0 Å². The Morgan fingerprint density at radius 3 is 2.62 bits per heavy atom. The maximum Gasteiger partial charge on any atom is 0.223 e. The topological polar surface area (TPSA) is 37.8 Å². The predicted octanol–water partition coefficient (Wildman–Crippen LogP) is 4.13. The van der Waals surface area contributed by atoms with E-state index in [-0.39, 0.29) is 6.04 Å². The van der Waals surface area contributed by atoms with Gasteiger partial charge in [0.25, 0.3) is 0 Å². The zero-order valence-electron chi connectivity index (χ0n) is 8.45. The fraction of sp³-hybridized carbons (Fsp3) is 0.200. The van der Waals surface area contributed by atoms with Crippen molar-refractivity contribution < 1.29 is 0 Å². The van der Waals surface area contributed by atoms with Crippen LogP contribution >= 0.6 is 38.9 Å². The lowest BCUT2D eigenvalue weighted by Gasteiger charge is -2.11. The van der Waals surface area contributed by atoms with Gasteiger partial charge in [-0.3, -0.25) is 0 Å². The van der Waals surface area contributed by atoms with Gasteiger partial charge in [-0.15, -0.1) is 11.3 Å². The van der Waals surface area contributed by atoms with Gasteiger partial charge in [-0.25, -0.2) is 9.97 Å². The molecular weight excluding hydrogens is 310 g/mol. The summed E-state index contributed by atoms with van der Waals surface area (Å²) in [5.41, 5.74) is 0. The standard InChI is InChI=1S/C10H9BrClN3S/c1-6(8-2-3-9(12)16-8)15-10-13-4-7(11)5-14-10/h2-6H,1H3,(H,13,14,15). The molecule has 16 heavy (non-hydrogen) atoms. The molecule has 2 heterocycles. The number of hydrogen-bond acceptors (Lipinski definition) is 4. The van der Waals surface area contributed by atoms with Crippen molar-refractivity contribution in [2.24, 2.45) is 0 Å². The highest BCUT2D eigenvalue weighted by atomic mass is 79.9. The Bertz CT molecular complexity index is 471. The molecule has 0 bridgehead atoms. The fourth-order valence-electron chi connectivity index (χ4n) is 1.21. The number of rotatable bonds is 3. The Hall–Kier alpha value is -0.650. The molecule has 0 aliphatic heterocycles. The van der Waals surface area contributed by atoms with Crippen molar-refractivity contribution in [1.82, 2.24) is 9.97 Å². The number of aromatic nitrogens is 2. The Kier molecular flexibility index (Phi) is 3.78. The minimum absolute atomic E-state index is 0.152. The van der Waals surface area contributed by atoms with Gasteiger partial charge in [0, 0.05) is 17.3 Å². The zero-order chi connectivity index (χ0) is 11.5. The number of nitrogens with zero attached hydrogens (tertiary/aromatic N) is 2. The van der Waals surface area contributed by atoms with Crippen LogP contribution in [-0.2, 0) is 0 Å². The first-order chi connectivity index (χ1) is 7.65. The van der Waals surface area contributed by atoms with E-state index >= 15 is 0 Å². The number of halogens is 2. The van der Waals surface area contributed by atoms with Crippen LogP contribution in [0, 0.1) is 0 Å². The lowest BCUT2D eigenvalue weighted by molar-refractivity contribution is 0.879. The quantitative estimate of drug-likeness (QED) is 0.924. The van der Waals surface area contributed by atoms with Crippen molar-refractivity contribution in [2.45, 2.75) is 13.0 Å². The van der Waals surface area contributed by atoms with Crippen LogP contribution in [0.2, 0.25) is 4.34 Å². The van der Waals surface area contributed by atoms with Gasteiger partial charge in [0.15, 0.2) is 0 Å². The van der Waals surface area contributed by atoms with Crippen molar-refractivity contribution >= 4 is 44.8 Å². The number of nitrogens with one attached hydrogen (secondary N) is 1. The van der Waals surface area contributed by atoms with E-state index in [4.69, 9.17) is 11.6 Å². The van der Waals surface area contributed by atoms with Crippen LogP contribution in [-0.4, -0.2) is 9.97 Å². The summed E-state index contributed by atoms with van der Waals surface area (Å²) in [7, 11) is 0. The summed E-state index contributed by atoms with van der Waals surface area (Å²) < 4.78 is 1.66. The molecule has 0 aromatic carbocycles. The summed E-state index contributed by atoms with van der Waals surface area (Å²) in [6.45, 7) is 2.05. The highest BCUT2D eigenvalue weighted by molar-refractivity contribution is 9.10. The third kappa shape index (κ3) is 2.93. The lowest BCUT2D eigenvalue weighted by atomic mass is 10.3. The molecular formula is C10H9BrClN3S. The summed E-state index contributed by atoms with van der Waals surface area (Å²) in [5, 5.41) is 3.21. The molecule has 0 saturated carbocycles. The Balaban J connectivity index is 2.07. The molecule has 0 aliphatic carbocycles. The molecule has 0 amide bonds. The van der Waals surface area contributed by atoms with Crippen molar-refractivity contribution in [3.8, 4) is 0 Å². The van der Waals surface area contributed by atoms with Crippen LogP contribution in [0.5, 0.6) is 0 Å². The van der Waals surface area contributed by atoms with E-state index in [0.29, 0.717) is 5.95 Å². The van der Waals surface area contributed by atoms with Crippen LogP contribution in [0.25, 0.3) is 0 Å². The first-order valence-electron chi connectivity index (χ1n) is 4.64. The second-order valence-corrected chi connectivity index (χ2v) is 5.90. The molecule has 2 aromatic rings. The SMILES string of the molecule is CC(Nc1ncc(Br)cn1)c1ccc(Cl)s1. The minimum atomic E-state index is 0.152. The summed E-state index contributed by atoms with van der Waals surface area (Å²) in [4.78, 5) is 9.47. The molecule has 0 aliphatic rings. The number of hydrogen-bond donors (Lipinski definition) is 1. The maximum absolute atomic E-state index is 5.88. The predicted molar refractivity (Wildman–Crippen MR) is 71.1 cm³/mol. The second-order valence-electron chi connectivity index (χ2n) is 3.23. The van der Waals surface area contributed by atoms with Gasteiger partial charge >= 0.3 is 0 Å². The van der Waals surface area contributed by atoms with E-state index in [9.17, 15) is 0 Å². The van der Waals surface area contributed by atoms with Gasteiger partial charge in [0.2, 0.25) is 5.95 Å². The highest BCUT2D eigenvalue weighted by Gasteiger charge is 2.09. The van der Waals surface area contributed by atoms with Gasteiger partial charge in [-0.1, -0.05) is 11.6 Å². The third-order valence-corrected chi connectivity index (χ3v) is 3.81. The lowest BCUT2D eigenvalue weighted by Crippen LogP contribution is -2.07. The molecule has 2 rings (SSSR count). The van der Waals surface area contributed by atoms with Crippen LogP contribution in [0.4, 0.5) is 5.95 Å². The van der Waals surface area contributed by atoms with Crippen molar-refractivity contribution in [3.63, 3.8) is 0 Å². The van der Waals surface area contributed by atoms with E-state index < -0.39 is 0 Å². The molecule has 0 spiro atoms. The van der Waals surface area contributed by atoms with Crippen molar-refractivity contribution in [1.29, 1.82) is 0 Å². The van der Waals surface area contributed by atoms with Crippen LogP contribution in [0.3, 0.4) is 0 Å². The van der Waals surface area contributed by atoms with Crippen LogP contribution in [0.15, 0.2) is 29.0 Å². The number of thiophene rings is 1. The van der Waals surface area contributed by atoms with E-state index in [1.807, 2.05) is 19.1 Å². The van der Waals surface area contributed by atoms with Gasteiger partial charge < -0.3 is 5.32 Å². The molecule has 3 nitrogen and oxygen atoms in total. The van der Waals surface area contributed by atoms with E-state index in [1.165, 1.54) is 0 Å². The summed E-state index contributed by atoms with van der Waals surface area (Å²) in [6, 6.07) is 4.05. The minimum Gasteiger partial charge on any atom is -0.347 e. The van der Waals surface area contributed by atoms with Crippen molar-refractivity contribution in [3.05, 3.63) is 38.2 Å². The third-order valence-electron chi connectivity index (χ3n) is 1.99. The molecule has 1 atom stereocenters. The maximum atomic E-state index is 5.88. The van der Waals surface area contributed by atoms with Crippen molar-refractivity contribution in [2.75, 3.05) is 5.32 Å². The normalized spacial score (nSPS) is 12.4. The molecule has 0 radical (unpaired) electrons. The number of anilines is 1. The Morgan fingerprint density at radius 2 is 2.06 bits per heavy atom. The zero-order valence-corrected chi connectivity index (χ0v) is 11.6. The molecule has 1 unspecified atom stereocenters. The molecule has 84 valence electrons. The monoisotopic (exact) mass is 317 g/mol. The summed E-state index contributed by atoms with van der Waals surface area (Å²) in [5.74, 6) is 0.611. The van der Waals surface area contributed by atoms with Gasteiger partial charge in [-0.2, -0.15) is 0 Å². The second kappa shape index (κ2) is 5.12. The first kappa shape index (κ1) is 11.8. The van der Waals surface area contributed by atoms with E-state index in [1.54, 1.807) is 23.7 Å². The largest absolute Gasteiger partial charge is 0.347 e.